The van der Waals surface area contributed by atoms with E-state index in [0.29, 0.717) is 17.3 Å². The molecule has 1 aliphatic carbocycles. The smallest absolute Gasteiger partial charge is 0.181 e. The molecule has 4 heteroatoms. The van der Waals surface area contributed by atoms with Gasteiger partial charge in [0.15, 0.2) is 5.78 Å². The van der Waals surface area contributed by atoms with Crippen molar-refractivity contribution < 1.29 is 4.79 Å². The van der Waals surface area contributed by atoms with Crippen LogP contribution in [0.25, 0.3) is 0 Å². The van der Waals surface area contributed by atoms with E-state index in [1.807, 2.05) is 0 Å². The summed E-state index contributed by atoms with van der Waals surface area (Å²) in [6.45, 7) is 0. The van der Waals surface area contributed by atoms with Crippen LogP contribution in [0.15, 0.2) is 6.33 Å². The van der Waals surface area contributed by atoms with Gasteiger partial charge in [-0.2, -0.15) is 0 Å². The van der Waals surface area contributed by atoms with E-state index >= 15 is 0 Å². The second kappa shape index (κ2) is 2.83. The first kappa shape index (κ1) is 7.68. The van der Waals surface area contributed by atoms with Crippen molar-refractivity contribution in [1.29, 1.82) is 0 Å². The number of rotatable bonds is 0. The minimum Gasteiger partial charge on any atom is -0.292 e. The SMILES string of the molecule is O=C1CCCc2c(Cl)ncnc21. The molecule has 0 bridgehead atoms. The van der Waals surface area contributed by atoms with Gasteiger partial charge in [0.1, 0.15) is 17.2 Å². The van der Waals surface area contributed by atoms with E-state index in [1.54, 1.807) is 0 Å². The zero-order valence-corrected chi connectivity index (χ0v) is 7.14. The molecule has 1 aromatic rings. The highest BCUT2D eigenvalue weighted by Gasteiger charge is 2.20. The zero-order chi connectivity index (χ0) is 8.55. The van der Waals surface area contributed by atoms with Crippen LogP contribution in [0.3, 0.4) is 0 Å². The predicted molar refractivity (Wildman–Crippen MR) is 44.3 cm³/mol. The van der Waals surface area contributed by atoms with E-state index in [9.17, 15) is 4.79 Å². The summed E-state index contributed by atoms with van der Waals surface area (Å²) in [4.78, 5) is 19.0. The van der Waals surface area contributed by atoms with Crippen molar-refractivity contribution in [1.82, 2.24) is 9.97 Å². The van der Waals surface area contributed by atoms with Crippen molar-refractivity contribution in [2.75, 3.05) is 0 Å². The molecule has 0 fully saturated rings. The zero-order valence-electron chi connectivity index (χ0n) is 6.38. The van der Waals surface area contributed by atoms with Crippen LogP contribution in [-0.2, 0) is 6.42 Å². The Morgan fingerprint density at radius 2 is 2.17 bits per heavy atom. The summed E-state index contributed by atoms with van der Waals surface area (Å²) in [7, 11) is 0. The minimum absolute atomic E-state index is 0.0838. The van der Waals surface area contributed by atoms with E-state index < -0.39 is 0 Å². The molecule has 3 nitrogen and oxygen atoms in total. The number of Topliss-reactive ketones (excluding diaryl/α,β-unsaturated/α-hetero) is 1. The normalized spacial score (nSPS) is 15.9. The Balaban J connectivity index is 2.59. The quantitative estimate of drug-likeness (QED) is 0.573. The molecule has 0 aromatic carbocycles. The topological polar surface area (TPSA) is 42.9 Å². The van der Waals surface area contributed by atoms with Gasteiger partial charge in [-0.1, -0.05) is 11.6 Å². The number of hydrogen-bond donors (Lipinski definition) is 0. The maximum atomic E-state index is 11.3. The van der Waals surface area contributed by atoms with Gasteiger partial charge in [-0.15, -0.1) is 0 Å². The van der Waals surface area contributed by atoms with Crippen molar-refractivity contribution in [3.05, 3.63) is 22.7 Å². The molecule has 0 radical (unpaired) electrons. The van der Waals surface area contributed by atoms with Gasteiger partial charge in [0.25, 0.3) is 0 Å². The monoisotopic (exact) mass is 182 g/mol. The van der Waals surface area contributed by atoms with Gasteiger partial charge in [0, 0.05) is 12.0 Å². The van der Waals surface area contributed by atoms with Crippen molar-refractivity contribution in [2.45, 2.75) is 19.3 Å². The van der Waals surface area contributed by atoms with Crippen LogP contribution in [0.1, 0.15) is 28.9 Å². The summed E-state index contributed by atoms with van der Waals surface area (Å²) in [6, 6.07) is 0. The molecule has 0 N–H and O–H groups in total. The van der Waals surface area contributed by atoms with Crippen molar-refractivity contribution in [2.24, 2.45) is 0 Å². The second-order valence-electron chi connectivity index (χ2n) is 2.77. The number of aromatic nitrogens is 2. The van der Waals surface area contributed by atoms with E-state index in [1.165, 1.54) is 6.33 Å². The third kappa shape index (κ3) is 1.10. The van der Waals surface area contributed by atoms with Crippen LogP contribution in [-0.4, -0.2) is 15.8 Å². The van der Waals surface area contributed by atoms with E-state index in [2.05, 4.69) is 9.97 Å². The maximum Gasteiger partial charge on any atom is 0.181 e. The molecule has 62 valence electrons. The molecule has 2 rings (SSSR count). The molecule has 1 heterocycles. The van der Waals surface area contributed by atoms with E-state index in [0.717, 1.165) is 18.4 Å². The molecule has 0 saturated heterocycles. The highest BCUT2D eigenvalue weighted by molar-refractivity contribution is 6.30. The summed E-state index contributed by atoms with van der Waals surface area (Å²) in [5.41, 5.74) is 1.33. The Bertz CT molecular complexity index is 338. The second-order valence-corrected chi connectivity index (χ2v) is 3.13. The van der Waals surface area contributed by atoms with Crippen molar-refractivity contribution in [3.63, 3.8) is 0 Å². The van der Waals surface area contributed by atoms with Crippen LogP contribution in [0.2, 0.25) is 5.15 Å². The molecule has 0 saturated carbocycles. The van der Waals surface area contributed by atoms with Crippen LogP contribution < -0.4 is 0 Å². The minimum atomic E-state index is 0.0838. The van der Waals surface area contributed by atoms with Crippen molar-refractivity contribution >= 4 is 17.4 Å². The van der Waals surface area contributed by atoms with Crippen molar-refractivity contribution in [3.8, 4) is 0 Å². The van der Waals surface area contributed by atoms with Gasteiger partial charge in [0.05, 0.1) is 0 Å². The molecular formula is C8H7ClN2O. The first-order valence-corrected chi connectivity index (χ1v) is 4.19. The summed E-state index contributed by atoms with van der Waals surface area (Å²) >= 11 is 5.80. The third-order valence-corrected chi connectivity index (χ3v) is 2.31. The fraction of sp³-hybridized carbons (Fsp3) is 0.375. The lowest BCUT2D eigenvalue weighted by Crippen LogP contribution is -2.13. The summed E-state index contributed by atoms with van der Waals surface area (Å²) < 4.78 is 0. The first-order valence-electron chi connectivity index (χ1n) is 3.81. The Morgan fingerprint density at radius 1 is 1.33 bits per heavy atom. The molecule has 0 unspecified atom stereocenters. The molecular weight excluding hydrogens is 176 g/mol. The predicted octanol–water partition coefficient (Wildman–Crippen LogP) is 1.65. The van der Waals surface area contributed by atoms with Gasteiger partial charge in [0.2, 0.25) is 0 Å². The fourth-order valence-corrected chi connectivity index (χ4v) is 1.62. The molecule has 1 aliphatic rings. The number of carbonyl (C=O) groups is 1. The Hall–Kier alpha value is -0.960. The van der Waals surface area contributed by atoms with Gasteiger partial charge in [-0.25, -0.2) is 9.97 Å². The van der Waals surface area contributed by atoms with E-state index in [-0.39, 0.29) is 5.78 Å². The Morgan fingerprint density at radius 3 is 2.92 bits per heavy atom. The van der Waals surface area contributed by atoms with Gasteiger partial charge < -0.3 is 0 Å². The largest absolute Gasteiger partial charge is 0.292 e. The Kier molecular flexibility index (Phi) is 1.81. The van der Waals surface area contributed by atoms with E-state index in [4.69, 9.17) is 11.6 Å². The Labute approximate surface area is 74.8 Å². The number of carbonyl (C=O) groups excluding carboxylic acids is 1. The fourth-order valence-electron chi connectivity index (χ4n) is 1.40. The lowest BCUT2D eigenvalue weighted by atomic mass is 9.96. The number of nitrogens with zero attached hydrogens (tertiary/aromatic N) is 2. The maximum absolute atomic E-state index is 11.3. The number of fused-ring (bicyclic) bond motifs is 1. The third-order valence-electron chi connectivity index (χ3n) is 1.99. The molecule has 0 atom stereocenters. The number of ketones is 1. The molecule has 0 aliphatic heterocycles. The summed E-state index contributed by atoms with van der Waals surface area (Å²) in [5, 5.41) is 0.424. The molecule has 12 heavy (non-hydrogen) atoms. The molecule has 1 aromatic heterocycles. The van der Waals surface area contributed by atoms with Gasteiger partial charge in [-0.3, -0.25) is 4.79 Å². The lowest BCUT2D eigenvalue weighted by molar-refractivity contribution is 0.0967. The average Bonchev–Trinajstić information content (AvgIpc) is 2.07. The summed E-state index contributed by atoms with van der Waals surface area (Å²) in [6.07, 6.45) is 3.60. The van der Waals surface area contributed by atoms with Gasteiger partial charge >= 0.3 is 0 Å². The highest BCUT2D eigenvalue weighted by atomic mass is 35.5. The summed E-state index contributed by atoms with van der Waals surface area (Å²) in [5.74, 6) is 0.0838. The van der Waals surface area contributed by atoms with Crippen LogP contribution in [0, 0.1) is 0 Å². The molecule has 0 amide bonds. The van der Waals surface area contributed by atoms with Gasteiger partial charge in [-0.05, 0) is 12.8 Å². The van der Waals surface area contributed by atoms with Crippen LogP contribution in [0.4, 0.5) is 0 Å². The van der Waals surface area contributed by atoms with Crippen LogP contribution >= 0.6 is 11.6 Å². The standard InChI is InChI=1S/C8H7ClN2O/c9-8-5-2-1-3-6(12)7(5)10-4-11-8/h4H,1-3H2. The number of halogens is 1. The molecule has 0 spiro atoms. The first-order chi connectivity index (χ1) is 5.79. The number of hydrogen-bond acceptors (Lipinski definition) is 3. The lowest BCUT2D eigenvalue weighted by Gasteiger charge is -2.12. The average molecular weight is 183 g/mol. The highest BCUT2D eigenvalue weighted by Crippen LogP contribution is 2.23. The van der Waals surface area contributed by atoms with Crippen LogP contribution in [0.5, 0.6) is 0 Å².